The number of hydrogen-bond donors (Lipinski definition) is 2. The monoisotopic (exact) mass is 206 g/mol. The fourth-order valence-electron chi connectivity index (χ4n) is 1.55. The third-order valence-corrected chi connectivity index (χ3v) is 2.37. The van der Waals surface area contributed by atoms with Crippen LogP contribution in [0, 0.1) is 0 Å². The number of carbonyl (C=O) groups excluding carboxylic acids is 1. The average molecular weight is 206 g/mol. The molecular weight excluding hydrogens is 188 g/mol. The van der Waals surface area contributed by atoms with Crippen LogP contribution in [0.15, 0.2) is 30.3 Å². The summed E-state index contributed by atoms with van der Waals surface area (Å²) in [6.45, 7) is 2.76. The first kappa shape index (κ1) is 11.7. The highest BCUT2D eigenvalue weighted by Crippen LogP contribution is 2.15. The minimum Gasteiger partial charge on any atom is -0.370 e. The van der Waals surface area contributed by atoms with E-state index in [1.165, 1.54) is 5.56 Å². The Morgan fingerprint density at radius 1 is 1.40 bits per heavy atom. The van der Waals surface area contributed by atoms with Crippen LogP contribution in [-0.4, -0.2) is 12.5 Å². The van der Waals surface area contributed by atoms with Crippen molar-refractivity contribution in [2.75, 3.05) is 6.54 Å². The molecule has 15 heavy (non-hydrogen) atoms. The van der Waals surface area contributed by atoms with Crippen molar-refractivity contribution in [3.8, 4) is 0 Å². The largest absolute Gasteiger partial charge is 0.370 e. The normalized spacial score (nSPS) is 12.3. The first-order valence-electron chi connectivity index (χ1n) is 5.30. The highest BCUT2D eigenvalue weighted by molar-refractivity contribution is 5.73. The van der Waals surface area contributed by atoms with Crippen molar-refractivity contribution >= 4 is 5.91 Å². The van der Waals surface area contributed by atoms with E-state index in [1.54, 1.807) is 0 Å². The Morgan fingerprint density at radius 2 is 2.07 bits per heavy atom. The highest BCUT2D eigenvalue weighted by atomic mass is 16.1. The number of nitrogens with one attached hydrogen (secondary N) is 1. The van der Waals surface area contributed by atoms with Gasteiger partial charge in [-0.2, -0.15) is 0 Å². The van der Waals surface area contributed by atoms with Gasteiger partial charge in [0.15, 0.2) is 0 Å². The quantitative estimate of drug-likeness (QED) is 0.742. The molecule has 1 unspecified atom stereocenters. The Labute approximate surface area is 90.7 Å². The first-order valence-corrected chi connectivity index (χ1v) is 5.30. The van der Waals surface area contributed by atoms with E-state index in [9.17, 15) is 4.79 Å². The number of primary amides is 1. The fourth-order valence-corrected chi connectivity index (χ4v) is 1.55. The second-order valence-electron chi connectivity index (χ2n) is 3.54. The van der Waals surface area contributed by atoms with E-state index in [4.69, 9.17) is 5.73 Å². The zero-order valence-corrected chi connectivity index (χ0v) is 9.07. The van der Waals surface area contributed by atoms with Gasteiger partial charge in [-0.1, -0.05) is 37.3 Å². The van der Waals surface area contributed by atoms with Crippen LogP contribution in [0.3, 0.4) is 0 Å². The minimum absolute atomic E-state index is 0.259. The van der Waals surface area contributed by atoms with Gasteiger partial charge < -0.3 is 11.1 Å². The van der Waals surface area contributed by atoms with E-state index in [1.807, 2.05) is 18.2 Å². The third-order valence-electron chi connectivity index (χ3n) is 2.37. The molecule has 3 N–H and O–H groups in total. The molecule has 1 aromatic carbocycles. The molecule has 1 aromatic rings. The Hall–Kier alpha value is -1.35. The second-order valence-corrected chi connectivity index (χ2v) is 3.54. The number of benzene rings is 1. The van der Waals surface area contributed by atoms with E-state index in [2.05, 4.69) is 24.4 Å². The summed E-state index contributed by atoms with van der Waals surface area (Å²) in [4.78, 5) is 10.6. The van der Waals surface area contributed by atoms with Crippen molar-refractivity contribution in [2.24, 2.45) is 5.73 Å². The van der Waals surface area contributed by atoms with Gasteiger partial charge in [-0.05, 0) is 12.0 Å². The Balaban J connectivity index is 2.46. The SMILES string of the molecule is CCC(NCCC(N)=O)c1ccccc1. The summed E-state index contributed by atoms with van der Waals surface area (Å²) in [5, 5.41) is 3.32. The lowest BCUT2D eigenvalue weighted by Gasteiger charge is -2.16. The van der Waals surface area contributed by atoms with Crippen molar-refractivity contribution < 1.29 is 4.79 Å². The molecule has 0 radical (unpaired) electrons. The molecule has 0 fully saturated rings. The molecule has 82 valence electrons. The summed E-state index contributed by atoms with van der Waals surface area (Å²) in [6.07, 6.45) is 1.39. The van der Waals surface area contributed by atoms with Crippen LogP contribution in [0.2, 0.25) is 0 Å². The van der Waals surface area contributed by atoms with Gasteiger partial charge >= 0.3 is 0 Å². The summed E-state index contributed by atoms with van der Waals surface area (Å²) in [5.74, 6) is -0.259. The molecule has 3 nitrogen and oxygen atoms in total. The maximum atomic E-state index is 10.6. The molecule has 0 heterocycles. The van der Waals surface area contributed by atoms with Crippen LogP contribution < -0.4 is 11.1 Å². The lowest BCUT2D eigenvalue weighted by atomic mass is 10.0. The standard InChI is InChI=1S/C12H18N2O/c1-2-11(14-9-8-12(13)15)10-6-4-3-5-7-10/h3-7,11,14H,2,8-9H2,1H3,(H2,13,15). The summed E-state index contributed by atoms with van der Waals surface area (Å²) in [7, 11) is 0. The molecule has 0 spiro atoms. The Bertz CT molecular complexity index is 298. The third kappa shape index (κ3) is 4.13. The maximum Gasteiger partial charge on any atom is 0.218 e. The zero-order chi connectivity index (χ0) is 11.1. The van der Waals surface area contributed by atoms with E-state index in [-0.39, 0.29) is 5.91 Å². The van der Waals surface area contributed by atoms with Crippen LogP contribution in [0.1, 0.15) is 31.4 Å². The van der Waals surface area contributed by atoms with Crippen LogP contribution in [0.4, 0.5) is 0 Å². The van der Waals surface area contributed by atoms with Gasteiger partial charge in [0.1, 0.15) is 0 Å². The molecule has 1 amide bonds. The average Bonchev–Trinajstić information content (AvgIpc) is 2.25. The van der Waals surface area contributed by atoms with Crippen molar-refractivity contribution in [2.45, 2.75) is 25.8 Å². The van der Waals surface area contributed by atoms with Gasteiger partial charge in [-0.15, -0.1) is 0 Å². The van der Waals surface area contributed by atoms with Gasteiger partial charge in [0.05, 0.1) is 0 Å². The first-order chi connectivity index (χ1) is 7.24. The van der Waals surface area contributed by atoms with E-state index >= 15 is 0 Å². The molecule has 1 rings (SSSR count). The van der Waals surface area contributed by atoms with Gasteiger partial charge in [-0.3, -0.25) is 4.79 Å². The van der Waals surface area contributed by atoms with Gasteiger partial charge in [0.25, 0.3) is 0 Å². The lowest BCUT2D eigenvalue weighted by molar-refractivity contribution is -0.117. The van der Waals surface area contributed by atoms with Crippen LogP contribution in [-0.2, 0) is 4.79 Å². The summed E-state index contributed by atoms with van der Waals surface area (Å²) in [6, 6.07) is 10.5. The fraction of sp³-hybridized carbons (Fsp3) is 0.417. The molecule has 3 heteroatoms. The predicted molar refractivity (Wildman–Crippen MR) is 61.3 cm³/mol. The molecule has 1 atom stereocenters. The topological polar surface area (TPSA) is 55.1 Å². The van der Waals surface area contributed by atoms with Crippen molar-refractivity contribution in [1.82, 2.24) is 5.32 Å². The number of amides is 1. The molecule has 0 bridgehead atoms. The van der Waals surface area contributed by atoms with Crippen LogP contribution >= 0.6 is 0 Å². The molecular formula is C12H18N2O. The number of nitrogens with two attached hydrogens (primary N) is 1. The molecule has 0 aliphatic rings. The van der Waals surface area contributed by atoms with Crippen LogP contribution in [0.25, 0.3) is 0 Å². The smallest absolute Gasteiger partial charge is 0.218 e. The summed E-state index contributed by atoms with van der Waals surface area (Å²) < 4.78 is 0. The Morgan fingerprint density at radius 3 is 2.60 bits per heavy atom. The Kier molecular flexibility index (Phi) is 4.84. The van der Waals surface area contributed by atoms with Crippen LogP contribution in [0.5, 0.6) is 0 Å². The molecule has 0 aliphatic carbocycles. The number of rotatable bonds is 6. The second kappa shape index (κ2) is 6.19. The number of hydrogen-bond acceptors (Lipinski definition) is 2. The van der Waals surface area contributed by atoms with E-state index < -0.39 is 0 Å². The molecule has 0 saturated heterocycles. The summed E-state index contributed by atoms with van der Waals surface area (Å²) in [5.41, 5.74) is 6.33. The van der Waals surface area contributed by atoms with Crippen molar-refractivity contribution in [3.63, 3.8) is 0 Å². The van der Waals surface area contributed by atoms with Gasteiger partial charge in [-0.25, -0.2) is 0 Å². The van der Waals surface area contributed by atoms with Gasteiger partial charge in [0, 0.05) is 19.0 Å². The van der Waals surface area contributed by atoms with Crippen molar-refractivity contribution in [3.05, 3.63) is 35.9 Å². The minimum atomic E-state index is -0.259. The van der Waals surface area contributed by atoms with Crippen molar-refractivity contribution in [1.29, 1.82) is 0 Å². The molecule has 0 aromatic heterocycles. The highest BCUT2D eigenvalue weighted by Gasteiger charge is 2.07. The van der Waals surface area contributed by atoms with Gasteiger partial charge in [0.2, 0.25) is 5.91 Å². The summed E-state index contributed by atoms with van der Waals surface area (Å²) >= 11 is 0. The van der Waals surface area contributed by atoms with E-state index in [0.29, 0.717) is 19.0 Å². The predicted octanol–water partition coefficient (Wildman–Crippen LogP) is 1.60. The number of carbonyl (C=O) groups is 1. The molecule has 0 aliphatic heterocycles. The maximum absolute atomic E-state index is 10.6. The van der Waals surface area contributed by atoms with E-state index in [0.717, 1.165) is 6.42 Å². The molecule has 0 saturated carbocycles. The zero-order valence-electron chi connectivity index (χ0n) is 9.07. The lowest BCUT2D eigenvalue weighted by Crippen LogP contribution is -2.25.